The molecule has 0 saturated carbocycles. The van der Waals surface area contributed by atoms with Gasteiger partial charge in [0.05, 0.1) is 19.3 Å². The highest BCUT2D eigenvalue weighted by Gasteiger charge is 2.34. The summed E-state index contributed by atoms with van der Waals surface area (Å²) in [6, 6.07) is -0.175. The second-order valence-electron chi connectivity index (χ2n) is 4.24. The molecule has 0 radical (unpaired) electrons. The maximum Gasteiger partial charge on any atom is 0.451 e. The molecule has 0 aromatic carbocycles. The van der Waals surface area contributed by atoms with Crippen LogP contribution in [0.25, 0.3) is 0 Å². The minimum Gasteiger partial charge on any atom is -0.379 e. The predicted octanol–water partition coefficient (Wildman–Crippen LogP) is 0.827. The fraction of sp³-hybridized carbons (Fsp3) is 0.636. The van der Waals surface area contributed by atoms with E-state index >= 15 is 0 Å². The molecule has 1 aliphatic rings. The molecule has 0 amide bonds. The van der Waals surface area contributed by atoms with Gasteiger partial charge in [0.2, 0.25) is 5.82 Å². The first-order valence-corrected chi connectivity index (χ1v) is 5.93. The number of nitrogens with zero attached hydrogens (tertiary/aromatic N) is 3. The third-order valence-electron chi connectivity index (χ3n) is 3.02. The van der Waals surface area contributed by atoms with Gasteiger partial charge < -0.3 is 10.5 Å². The van der Waals surface area contributed by atoms with Crippen molar-refractivity contribution in [2.45, 2.75) is 12.2 Å². The molecule has 1 saturated heterocycles. The number of hydrogen-bond donors (Lipinski definition) is 1. The number of alkyl halides is 3. The predicted molar refractivity (Wildman–Crippen MR) is 61.2 cm³/mol. The van der Waals surface area contributed by atoms with Gasteiger partial charge in [-0.25, -0.2) is 9.97 Å². The molecule has 106 valence electrons. The minimum absolute atomic E-state index is 0.175. The van der Waals surface area contributed by atoms with Gasteiger partial charge in [0.1, 0.15) is 0 Å². The molecule has 2 N–H and O–H groups in total. The molecule has 2 heterocycles. The van der Waals surface area contributed by atoms with Crippen molar-refractivity contribution in [3.8, 4) is 0 Å². The lowest BCUT2D eigenvalue weighted by molar-refractivity contribution is -0.145. The van der Waals surface area contributed by atoms with E-state index in [9.17, 15) is 13.2 Å². The first-order valence-electron chi connectivity index (χ1n) is 5.93. The second kappa shape index (κ2) is 5.81. The smallest absolute Gasteiger partial charge is 0.379 e. The van der Waals surface area contributed by atoms with E-state index in [0.717, 1.165) is 0 Å². The van der Waals surface area contributed by atoms with Gasteiger partial charge in [-0.2, -0.15) is 13.2 Å². The maximum atomic E-state index is 12.4. The van der Waals surface area contributed by atoms with Gasteiger partial charge in [0, 0.05) is 37.6 Å². The van der Waals surface area contributed by atoms with Gasteiger partial charge in [-0.05, 0) is 0 Å². The molecule has 0 spiro atoms. The summed E-state index contributed by atoms with van der Waals surface area (Å²) in [7, 11) is 0. The quantitative estimate of drug-likeness (QED) is 0.885. The molecule has 1 aromatic rings. The zero-order chi connectivity index (χ0) is 13.9. The van der Waals surface area contributed by atoms with Gasteiger partial charge in [0.15, 0.2) is 0 Å². The molecule has 0 bridgehead atoms. The number of hydrogen-bond acceptors (Lipinski definition) is 5. The highest BCUT2D eigenvalue weighted by Crippen LogP contribution is 2.27. The zero-order valence-corrected chi connectivity index (χ0v) is 10.2. The van der Waals surface area contributed by atoms with Crippen LogP contribution in [-0.2, 0) is 10.9 Å². The summed E-state index contributed by atoms with van der Waals surface area (Å²) in [5.74, 6) is -1.13. The van der Waals surface area contributed by atoms with Gasteiger partial charge >= 0.3 is 6.18 Å². The standard InChI is InChI=1S/C11H15F3N4O/c12-11(13,14)10-16-6-8(7-17-10)9(5-15)18-1-3-19-4-2-18/h6-7,9H,1-5,15H2/t9-/m1/s1. The van der Waals surface area contributed by atoms with Crippen LogP contribution < -0.4 is 5.73 Å². The van der Waals surface area contributed by atoms with Crippen LogP contribution in [0.2, 0.25) is 0 Å². The zero-order valence-electron chi connectivity index (χ0n) is 10.2. The first-order chi connectivity index (χ1) is 9.02. The Morgan fingerprint density at radius 1 is 1.26 bits per heavy atom. The largest absolute Gasteiger partial charge is 0.451 e. The van der Waals surface area contributed by atoms with Crippen LogP contribution in [0.4, 0.5) is 13.2 Å². The molecule has 1 aliphatic heterocycles. The molecule has 0 unspecified atom stereocenters. The van der Waals surface area contributed by atoms with E-state index in [1.807, 2.05) is 0 Å². The van der Waals surface area contributed by atoms with Crippen LogP contribution in [0, 0.1) is 0 Å². The molecular formula is C11H15F3N4O. The lowest BCUT2D eigenvalue weighted by atomic mass is 10.1. The van der Waals surface area contributed by atoms with Crippen molar-refractivity contribution in [3.63, 3.8) is 0 Å². The van der Waals surface area contributed by atoms with Crippen molar-refractivity contribution in [1.82, 2.24) is 14.9 Å². The number of halogens is 3. The lowest BCUT2D eigenvalue weighted by Gasteiger charge is -2.33. The monoisotopic (exact) mass is 276 g/mol. The average Bonchev–Trinajstić information content (AvgIpc) is 2.40. The van der Waals surface area contributed by atoms with Crippen LogP contribution in [0.3, 0.4) is 0 Å². The molecule has 2 rings (SSSR count). The summed E-state index contributed by atoms with van der Waals surface area (Å²) in [5, 5.41) is 0. The molecule has 0 aliphatic carbocycles. The van der Waals surface area contributed by atoms with E-state index in [0.29, 0.717) is 38.4 Å². The first kappa shape index (κ1) is 14.2. The summed E-state index contributed by atoms with van der Waals surface area (Å²) < 4.78 is 42.4. The average molecular weight is 276 g/mol. The van der Waals surface area contributed by atoms with Crippen molar-refractivity contribution in [2.75, 3.05) is 32.8 Å². The second-order valence-corrected chi connectivity index (χ2v) is 4.24. The van der Waals surface area contributed by atoms with Crippen LogP contribution in [-0.4, -0.2) is 47.7 Å². The Kier molecular flexibility index (Phi) is 4.33. The Bertz CT molecular complexity index is 403. The molecule has 1 atom stereocenters. The third kappa shape index (κ3) is 3.40. The molecule has 1 fully saturated rings. The van der Waals surface area contributed by atoms with E-state index in [-0.39, 0.29) is 6.04 Å². The molecule has 5 nitrogen and oxygen atoms in total. The fourth-order valence-corrected chi connectivity index (χ4v) is 2.04. The van der Waals surface area contributed by atoms with E-state index in [4.69, 9.17) is 10.5 Å². The molecule has 8 heteroatoms. The van der Waals surface area contributed by atoms with E-state index in [1.54, 1.807) is 0 Å². The van der Waals surface area contributed by atoms with Crippen LogP contribution in [0.15, 0.2) is 12.4 Å². The van der Waals surface area contributed by atoms with Crippen molar-refractivity contribution in [3.05, 3.63) is 23.8 Å². The molecule has 1 aromatic heterocycles. The fourth-order valence-electron chi connectivity index (χ4n) is 2.04. The number of rotatable bonds is 3. The summed E-state index contributed by atoms with van der Waals surface area (Å²) >= 11 is 0. The highest BCUT2D eigenvalue weighted by atomic mass is 19.4. The Morgan fingerprint density at radius 2 is 1.84 bits per heavy atom. The number of nitrogens with two attached hydrogens (primary N) is 1. The summed E-state index contributed by atoms with van der Waals surface area (Å²) in [6.07, 6.45) is -2.12. The maximum absolute atomic E-state index is 12.4. The Balaban J connectivity index is 2.14. The van der Waals surface area contributed by atoms with Gasteiger partial charge in [-0.3, -0.25) is 4.90 Å². The Hall–Kier alpha value is -1.25. The van der Waals surface area contributed by atoms with E-state index in [1.165, 1.54) is 12.4 Å². The SMILES string of the molecule is NC[C@H](c1cnc(C(F)(F)F)nc1)N1CCOCC1. The third-order valence-corrected chi connectivity index (χ3v) is 3.02. The summed E-state index contributed by atoms with van der Waals surface area (Å²) in [4.78, 5) is 8.79. The van der Waals surface area contributed by atoms with E-state index < -0.39 is 12.0 Å². The summed E-state index contributed by atoms with van der Waals surface area (Å²) in [5.41, 5.74) is 6.29. The normalized spacial score (nSPS) is 19.4. The van der Waals surface area contributed by atoms with Crippen molar-refractivity contribution in [2.24, 2.45) is 5.73 Å². The number of ether oxygens (including phenoxy) is 1. The minimum atomic E-state index is -4.52. The van der Waals surface area contributed by atoms with Gasteiger partial charge in [-0.1, -0.05) is 0 Å². The van der Waals surface area contributed by atoms with E-state index in [2.05, 4.69) is 14.9 Å². The van der Waals surface area contributed by atoms with Crippen LogP contribution in [0.5, 0.6) is 0 Å². The highest BCUT2D eigenvalue weighted by molar-refractivity contribution is 5.13. The van der Waals surface area contributed by atoms with Crippen molar-refractivity contribution in [1.29, 1.82) is 0 Å². The summed E-state index contributed by atoms with van der Waals surface area (Å²) in [6.45, 7) is 2.89. The topological polar surface area (TPSA) is 64.3 Å². The lowest BCUT2D eigenvalue weighted by Crippen LogP contribution is -2.41. The van der Waals surface area contributed by atoms with Crippen molar-refractivity contribution >= 4 is 0 Å². The van der Waals surface area contributed by atoms with Crippen LogP contribution >= 0.6 is 0 Å². The van der Waals surface area contributed by atoms with Gasteiger partial charge in [0.25, 0.3) is 0 Å². The van der Waals surface area contributed by atoms with Crippen molar-refractivity contribution < 1.29 is 17.9 Å². The Labute approximate surface area is 108 Å². The van der Waals surface area contributed by atoms with Crippen LogP contribution in [0.1, 0.15) is 17.4 Å². The molecular weight excluding hydrogens is 261 g/mol. The number of morpholine rings is 1. The number of aromatic nitrogens is 2. The Morgan fingerprint density at radius 3 is 2.32 bits per heavy atom. The molecule has 19 heavy (non-hydrogen) atoms. The van der Waals surface area contributed by atoms with Gasteiger partial charge in [-0.15, -0.1) is 0 Å².